The zero-order valence-corrected chi connectivity index (χ0v) is 8.38. The zero-order chi connectivity index (χ0) is 10.4. The molecular weight excluding hydrogens is 178 g/mol. The number of primary amides is 1. The van der Waals surface area contributed by atoms with Crippen molar-refractivity contribution >= 4 is 5.91 Å². The first-order valence-corrected chi connectivity index (χ1v) is 5.04. The third-order valence-electron chi connectivity index (χ3n) is 2.69. The zero-order valence-electron chi connectivity index (χ0n) is 8.38. The van der Waals surface area contributed by atoms with Gasteiger partial charge in [0.1, 0.15) is 0 Å². The maximum atomic E-state index is 10.4. The molecule has 1 aliphatic rings. The molecule has 0 aliphatic heterocycles. The minimum Gasteiger partial charge on any atom is -0.370 e. The Hall–Kier alpha value is -1.08. The Bertz CT molecular complexity index is 240. The van der Waals surface area contributed by atoms with Gasteiger partial charge in [-0.3, -0.25) is 4.79 Å². The van der Waals surface area contributed by atoms with Gasteiger partial charge in [0, 0.05) is 19.4 Å². The second-order valence-electron chi connectivity index (χ2n) is 4.08. The minimum atomic E-state index is -0.245. The summed E-state index contributed by atoms with van der Waals surface area (Å²) in [6.07, 6.45) is 4.19. The SMILES string of the molecule is N#CCC1(CNCCCC(N)=O)CC1. The van der Waals surface area contributed by atoms with E-state index in [-0.39, 0.29) is 11.3 Å². The summed E-state index contributed by atoms with van der Waals surface area (Å²) in [5.74, 6) is -0.245. The third kappa shape index (κ3) is 3.75. The quantitative estimate of drug-likeness (QED) is 0.582. The van der Waals surface area contributed by atoms with Gasteiger partial charge in [0.2, 0.25) is 5.91 Å². The van der Waals surface area contributed by atoms with Crippen LogP contribution in [0.2, 0.25) is 0 Å². The van der Waals surface area contributed by atoms with Gasteiger partial charge in [-0.1, -0.05) is 0 Å². The lowest BCUT2D eigenvalue weighted by molar-refractivity contribution is -0.118. The van der Waals surface area contributed by atoms with E-state index in [0.29, 0.717) is 12.8 Å². The van der Waals surface area contributed by atoms with Crippen LogP contribution in [-0.2, 0) is 4.79 Å². The fourth-order valence-corrected chi connectivity index (χ4v) is 1.50. The number of nitrogens with zero attached hydrogens (tertiary/aromatic N) is 1. The average molecular weight is 195 g/mol. The average Bonchev–Trinajstić information content (AvgIpc) is 2.85. The highest BCUT2D eigenvalue weighted by atomic mass is 16.1. The van der Waals surface area contributed by atoms with Crippen LogP contribution in [0.3, 0.4) is 0 Å². The van der Waals surface area contributed by atoms with Crippen LogP contribution in [0.25, 0.3) is 0 Å². The molecule has 0 unspecified atom stereocenters. The topological polar surface area (TPSA) is 78.9 Å². The second-order valence-corrected chi connectivity index (χ2v) is 4.08. The molecule has 0 radical (unpaired) electrons. The molecule has 78 valence electrons. The number of nitrogens with one attached hydrogen (secondary N) is 1. The van der Waals surface area contributed by atoms with Crippen LogP contribution in [-0.4, -0.2) is 19.0 Å². The predicted molar refractivity (Wildman–Crippen MR) is 53.2 cm³/mol. The Kier molecular flexibility index (Phi) is 3.90. The summed E-state index contributed by atoms with van der Waals surface area (Å²) in [5.41, 5.74) is 5.26. The summed E-state index contributed by atoms with van der Waals surface area (Å²) < 4.78 is 0. The molecule has 3 N–H and O–H groups in total. The molecule has 0 atom stereocenters. The van der Waals surface area contributed by atoms with E-state index in [9.17, 15) is 4.79 Å². The lowest BCUT2D eigenvalue weighted by atomic mass is 10.0. The third-order valence-corrected chi connectivity index (χ3v) is 2.69. The first kappa shape index (κ1) is 11.0. The van der Waals surface area contributed by atoms with Crippen LogP contribution >= 0.6 is 0 Å². The predicted octanol–water partition coefficient (Wildman–Crippen LogP) is 0.535. The summed E-state index contributed by atoms with van der Waals surface area (Å²) in [6.45, 7) is 1.72. The highest BCUT2D eigenvalue weighted by Crippen LogP contribution is 2.47. The molecule has 0 bridgehead atoms. The van der Waals surface area contributed by atoms with E-state index in [1.807, 2.05) is 0 Å². The van der Waals surface area contributed by atoms with E-state index in [0.717, 1.165) is 32.4 Å². The van der Waals surface area contributed by atoms with E-state index in [1.165, 1.54) is 0 Å². The Labute approximate surface area is 84.5 Å². The summed E-state index contributed by atoms with van der Waals surface area (Å²) in [4.78, 5) is 10.4. The maximum absolute atomic E-state index is 10.4. The molecule has 1 amide bonds. The molecule has 0 aromatic carbocycles. The molecule has 0 spiro atoms. The molecule has 4 heteroatoms. The van der Waals surface area contributed by atoms with Crippen LogP contribution in [0.4, 0.5) is 0 Å². The Morgan fingerprint density at radius 3 is 2.79 bits per heavy atom. The molecule has 0 heterocycles. The lowest BCUT2D eigenvalue weighted by Crippen LogP contribution is -2.25. The molecule has 0 aromatic rings. The van der Waals surface area contributed by atoms with Crippen molar-refractivity contribution in [1.29, 1.82) is 5.26 Å². The van der Waals surface area contributed by atoms with Crippen molar-refractivity contribution in [3.8, 4) is 6.07 Å². The largest absolute Gasteiger partial charge is 0.370 e. The van der Waals surface area contributed by atoms with E-state index in [4.69, 9.17) is 11.0 Å². The fourth-order valence-electron chi connectivity index (χ4n) is 1.50. The van der Waals surface area contributed by atoms with Gasteiger partial charge in [-0.2, -0.15) is 5.26 Å². The van der Waals surface area contributed by atoms with Gasteiger partial charge in [0.15, 0.2) is 0 Å². The van der Waals surface area contributed by atoms with Crippen LogP contribution in [0.1, 0.15) is 32.1 Å². The van der Waals surface area contributed by atoms with Crippen LogP contribution < -0.4 is 11.1 Å². The molecule has 1 aliphatic carbocycles. The Morgan fingerprint density at radius 1 is 1.57 bits per heavy atom. The summed E-state index contributed by atoms with van der Waals surface area (Å²) in [6, 6.07) is 2.22. The van der Waals surface area contributed by atoms with E-state index in [2.05, 4.69) is 11.4 Å². The van der Waals surface area contributed by atoms with Gasteiger partial charge in [-0.15, -0.1) is 0 Å². The minimum absolute atomic E-state index is 0.245. The van der Waals surface area contributed by atoms with Crippen molar-refractivity contribution in [3.05, 3.63) is 0 Å². The fraction of sp³-hybridized carbons (Fsp3) is 0.800. The monoisotopic (exact) mass is 195 g/mol. The smallest absolute Gasteiger partial charge is 0.217 e. The normalized spacial score (nSPS) is 17.4. The number of amides is 1. The summed E-state index contributed by atoms with van der Waals surface area (Å²) >= 11 is 0. The highest BCUT2D eigenvalue weighted by Gasteiger charge is 2.41. The molecule has 14 heavy (non-hydrogen) atoms. The van der Waals surface area contributed by atoms with Crippen molar-refractivity contribution in [1.82, 2.24) is 5.32 Å². The highest BCUT2D eigenvalue weighted by molar-refractivity contribution is 5.73. The second kappa shape index (κ2) is 4.97. The number of hydrogen-bond donors (Lipinski definition) is 2. The summed E-state index contributed by atoms with van der Waals surface area (Å²) in [5, 5.41) is 11.8. The number of nitrogens with two attached hydrogens (primary N) is 1. The van der Waals surface area contributed by atoms with E-state index < -0.39 is 0 Å². The van der Waals surface area contributed by atoms with Gasteiger partial charge < -0.3 is 11.1 Å². The number of carbonyl (C=O) groups excluding carboxylic acids is 1. The molecule has 1 fully saturated rings. The van der Waals surface area contributed by atoms with Crippen LogP contribution in [0.15, 0.2) is 0 Å². The van der Waals surface area contributed by atoms with Crippen molar-refractivity contribution in [2.75, 3.05) is 13.1 Å². The molecule has 1 saturated carbocycles. The summed E-state index contributed by atoms with van der Waals surface area (Å²) in [7, 11) is 0. The van der Waals surface area contributed by atoms with Crippen molar-refractivity contribution in [2.24, 2.45) is 11.1 Å². The molecular formula is C10H17N3O. The Balaban J connectivity index is 1.99. The Morgan fingerprint density at radius 2 is 2.29 bits per heavy atom. The van der Waals surface area contributed by atoms with Crippen molar-refractivity contribution in [2.45, 2.75) is 32.1 Å². The van der Waals surface area contributed by atoms with Gasteiger partial charge in [-0.25, -0.2) is 0 Å². The number of nitriles is 1. The van der Waals surface area contributed by atoms with Gasteiger partial charge in [0.25, 0.3) is 0 Å². The molecule has 1 rings (SSSR count). The van der Waals surface area contributed by atoms with Crippen LogP contribution in [0.5, 0.6) is 0 Å². The first-order chi connectivity index (χ1) is 6.68. The number of rotatable bonds is 7. The van der Waals surface area contributed by atoms with E-state index >= 15 is 0 Å². The number of carbonyl (C=O) groups is 1. The van der Waals surface area contributed by atoms with Gasteiger partial charge in [0.05, 0.1) is 6.07 Å². The van der Waals surface area contributed by atoms with Gasteiger partial charge >= 0.3 is 0 Å². The van der Waals surface area contributed by atoms with Crippen molar-refractivity contribution < 1.29 is 4.79 Å². The standard InChI is InChI=1S/C10H17N3O/c11-6-5-10(3-4-10)8-13-7-1-2-9(12)14/h13H,1-5,7-8H2,(H2,12,14). The number of hydrogen-bond acceptors (Lipinski definition) is 3. The molecule has 4 nitrogen and oxygen atoms in total. The maximum Gasteiger partial charge on any atom is 0.217 e. The van der Waals surface area contributed by atoms with Gasteiger partial charge in [-0.05, 0) is 31.2 Å². The van der Waals surface area contributed by atoms with Crippen LogP contribution in [0, 0.1) is 16.7 Å². The molecule has 0 saturated heterocycles. The van der Waals surface area contributed by atoms with E-state index in [1.54, 1.807) is 0 Å². The first-order valence-electron chi connectivity index (χ1n) is 5.04. The lowest BCUT2D eigenvalue weighted by Gasteiger charge is -2.11. The molecule has 0 aromatic heterocycles. The van der Waals surface area contributed by atoms with Crippen molar-refractivity contribution in [3.63, 3.8) is 0 Å².